The highest BCUT2D eigenvalue weighted by molar-refractivity contribution is 5.87. The Morgan fingerprint density at radius 1 is 1.05 bits per heavy atom. The van der Waals surface area contributed by atoms with Crippen molar-refractivity contribution in [2.24, 2.45) is 0 Å². The Hall–Kier alpha value is -1.55. The normalized spacial score (nSPS) is 10.5. The summed E-state index contributed by atoms with van der Waals surface area (Å²) in [5.74, 6) is -0.346. The summed E-state index contributed by atoms with van der Waals surface area (Å²) < 4.78 is 11.1. The molecule has 0 heterocycles. The van der Waals surface area contributed by atoms with Crippen molar-refractivity contribution < 1.29 is 19.4 Å². The second-order valence-electron chi connectivity index (χ2n) is 5.06. The summed E-state index contributed by atoms with van der Waals surface area (Å²) >= 11 is 0. The smallest absolute Gasteiger partial charge is 0.335 e. The van der Waals surface area contributed by atoms with Gasteiger partial charge in [-0.2, -0.15) is 0 Å². The van der Waals surface area contributed by atoms with Gasteiger partial charge in [0.15, 0.2) is 0 Å². The van der Waals surface area contributed by atoms with Gasteiger partial charge in [-0.05, 0) is 24.6 Å². The highest BCUT2D eigenvalue weighted by Gasteiger charge is 2.03. The maximum atomic E-state index is 10.8. The second-order valence-corrected chi connectivity index (χ2v) is 5.06. The van der Waals surface area contributed by atoms with E-state index < -0.39 is 5.97 Å². The van der Waals surface area contributed by atoms with E-state index in [4.69, 9.17) is 14.6 Å². The first-order chi connectivity index (χ1) is 10.2. The van der Waals surface area contributed by atoms with Gasteiger partial charge in [0.2, 0.25) is 0 Å². The molecule has 4 heteroatoms. The summed E-state index contributed by atoms with van der Waals surface area (Å²) in [7, 11) is 0. The van der Waals surface area contributed by atoms with Crippen molar-refractivity contribution in [2.45, 2.75) is 45.4 Å². The molecule has 1 rings (SSSR count). The molecule has 21 heavy (non-hydrogen) atoms. The van der Waals surface area contributed by atoms with Crippen molar-refractivity contribution in [1.82, 2.24) is 0 Å². The van der Waals surface area contributed by atoms with Crippen LogP contribution in [0.25, 0.3) is 0 Å². The maximum absolute atomic E-state index is 10.8. The Morgan fingerprint density at radius 2 is 1.81 bits per heavy atom. The lowest BCUT2D eigenvalue weighted by molar-refractivity contribution is 0.0696. The molecule has 0 spiro atoms. The molecular formula is C17H26O4. The summed E-state index contributed by atoms with van der Waals surface area (Å²) in [4.78, 5) is 10.8. The van der Waals surface area contributed by atoms with E-state index >= 15 is 0 Å². The number of hydrogen-bond donors (Lipinski definition) is 1. The molecule has 0 aliphatic carbocycles. The zero-order chi connectivity index (χ0) is 15.3. The minimum absolute atomic E-state index is 0.246. The lowest BCUT2D eigenvalue weighted by Crippen LogP contribution is -2.04. The molecule has 0 aliphatic heterocycles. The minimum Gasteiger partial charge on any atom is -0.493 e. The highest BCUT2D eigenvalue weighted by Crippen LogP contribution is 2.13. The predicted molar refractivity (Wildman–Crippen MR) is 83.1 cm³/mol. The van der Waals surface area contributed by atoms with E-state index in [-0.39, 0.29) is 5.56 Å². The Bertz CT molecular complexity index is 404. The Kier molecular flexibility index (Phi) is 9.29. The van der Waals surface area contributed by atoms with Crippen molar-refractivity contribution in [2.75, 3.05) is 19.8 Å². The van der Waals surface area contributed by atoms with Crippen molar-refractivity contribution in [3.05, 3.63) is 29.8 Å². The molecule has 1 N–H and O–H groups in total. The number of hydrogen-bond acceptors (Lipinski definition) is 3. The molecule has 4 nitrogen and oxygen atoms in total. The molecule has 0 aromatic heterocycles. The second kappa shape index (κ2) is 11.1. The number of unbranched alkanes of at least 4 members (excludes halogenated alkanes) is 4. The van der Waals surface area contributed by atoms with Gasteiger partial charge in [0.1, 0.15) is 5.75 Å². The van der Waals surface area contributed by atoms with Gasteiger partial charge in [-0.15, -0.1) is 0 Å². The number of ether oxygens (including phenoxy) is 2. The fraction of sp³-hybridized carbons (Fsp3) is 0.588. The molecule has 118 valence electrons. The number of carboxylic acid groups (broad SMARTS) is 1. The van der Waals surface area contributed by atoms with Crippen LogP contribution in [-0.2, 0) is 4.74 Å². The number of benzene rings is 1. The quantitative estimate of drug-likeness (QED) is 0.589. The third-order valence-corrected chi connectivity index (χ3v) is 3.17. The third kappa shape index (κ3) is 8.35. The van der Waals surface area contributed by atoms with Crippen molar-refractivity contribution >= 4 is 5.97 Å². The first-order valence-corrected chi connectivity index (χ1v) is 7.78. The van der Waals surface area contributed by atoms with Crippen LogP contribution in [0.15, 0.2) is 24.3 Å². The van der Waals surface area contributed by atoms with Gasteiger partial charge in [-0.25, -0.2) is 4.79 Å². The van der Waals surface area contributed by atoms with E-state index in [2.05, 4.69) is 6.92 Å². The molecule has 0 amide bonds. The summed E-state index contributed by atoms with van der Waals surface area (Å²) in [6, 6.07) is 6.54. The van der Waals surface area contributed by atoms with Gasteiger partial charge < -0.3 is 14.6 Å². The van der Waals surface area contributed by atoms with E-state index in [1.807, 2.05) is 0 Å². The molecule has 0 saturated heterocycles. The zero-order valence-electron chi connectivity index (χ0n) is 12.8. The average Bonchev–Trinajstić information content (AvgIpc) is 2.49. The van der Waals surface area contributed by atoms with Gasteiger partial charge in [0, 0.05) is 19.6 Å². The van der Waals surface area contributed by atoms with Crippen LogP contribution in [0.3, 0.4) is 0 Å². The van der Waals surface area contributed by atoms with E-state index in [9.17, 15) is 4.79 Å². The van der Waals surface area contributed by atoms with Gasteiger partial charge in [-0.3, -0.25) is 0 Å². The summed E-state index contributed by atoms with van der Waals surface area (Å²) in [6.07, 6.45) is 7.05. The first kappa shape index (κ1) is 17.5. The van der Waals surface area contributed by atoms with Crippen LogP contribution in [0.5, 0.6) is 5.75 Å². The largest absolute Gasteiger partial charge is 0.493 e. The van der Waals surface area contributed by atoms with Crippen LogP contribution in [-0.4, -0.2) is 30.9 Å². The summed E-state index contributed by atoms with van der Waals surface area (Å²) in [5, 5.41) is 8.88. The predicted octanol–water partition coefficient (Wildman–Crippen LogP) is 4.14. The molecule has 0 saturated carbocycles. The summed E-state index contributed by atoms with van der Waals surface area (Å²) in [6.45, 7) is 4.26. The Morgan fingerprint density at radius 3 is 2.57 bits per heavy atom. The van der Waals surface area contributed by atoms with Gasteiger partial charge in [0.05, 0.1) is 12.2 Å². The number of carbonyl (C=O) groups is 1. The fourth-order valence-electron chi connectivity index (χ4n) is 1.98. The van der Waals surface area contributed by atoms with Gasteiger partial charge in [0.25, 0.3) is 0 Å². The molecule has 0 bridgehead atoms. The summed E-state index contributed by atoms with van der Waals surface area (Å²) in [5.41, 5.74) is 0.246. The molecular weight excluding hydrogens is 268 g/mol. The average molecular weight is 294 g/mol. The van der Waals surface area contributed by atoms with E-state index in [0.717, 1.165) is 19.4 Å². The molecule has 0 atom stereocenters. The lowest BCUT2D eigenvalue weighted by Gasteiger charge is -2.07. The topological polar surface area (TPSA) is 55.8 Å². The molecule has 0 aliphatic rings. The monoisotopic (exact) mass is 294 g/mol. The Balaban J connectivity index is 2.01. The molecule has 0 fully saturated rings. The van der Waals surface area contributed by atoms with Crippen LogP contribution >= 0.6 is 0 Å². The zero-order valence-corrected chi connectivity index (χ0v) is 12.8. The van der Waals surface area contributed by atoms with Gasteiger partial charge in [-0.1, -0.05) is 38.7 Å². The van der Waals surface area contributed by atoms with E-state index in [1.165, 1.54) is 31.7 Å². The van der Waals surface area contributed by atoms with Crippen LogP contribution < -0.4 is 4.74 Å². The standard InChI is InChI=1S/C17H26O4/c1-2-3-4-5-6-11-20-12-8-13-21-16-10-7-9-15(14-16)17(18)19/h7,9-10,14H,2-6,8,11-13H2,1H3,(H,18,19). The SMILES string of the molecule is CCCCCCCOCCCOc1cccc(C(=O)O)c1. The first-order valence-electron chi connectivity index (χ1n) is 7.78. The Labute approximate surface area is 127 Å². The fourth-order valence-corrected chi connectivity index (χ4v) is 1.98. The highest BCUT2D eigenvalue weighted by atomic mass is 16.5. The lowest BCUT2D eigenvalue weighted by atomic mass is 10.2. The van der Waals surface area contributed by atoms with Crippen LogP contribution in [0.4, 0.5) is 0 Å². The third-order valence-electron chi connectivity index (χ3n) is 3.17. The molecule has 0 radical (unpaired) electrons. The molecule has 1 aromatic rings. The molecule has 0 unspecified atom stereocenters. The van der Waals surface area contributed by atoms with E-state index in [1.54, 1.807) is 18.2 Å². The van der Waals surface area contributed by atoms with Crippen LogP contribution in [0, 0.1) is 0 Å². The van der Waals surface area contributed by atoms with Crippen LogP contribution in [0.1, 0.15) is 55.8 Å². The van der Waals surface area contributed by atoms with Crippen molar-refractivity contribution in [1.29, 1.82) is 0 Å². The molecule has 1 aromatic carbocycles. The number of aromatic carboxylic acids is 1. The van der Waals surface area contributed by atoms with Crippen molar-refractivity contribution in [3.63, 3.8) is 0 Å². The number of rotatable bonds is 12. The van der Waals surface area contributed by atoms with Crippen molar-refractivity contribution in [3.8, 4) is 5.75 Å². The number of carboxylic acids is 1. The minimum atomic E-state index is -0.938. The maximum Gasteiger partial charge on any atom is 0.335 e. The van der Waals surface area contributed by atoms with E-state index in [0.29, 0.717) is 19.0 Å². The van der Waals surface area contributed by atoms with Gasteiger partial charge >= 0.3 is 5.97 Å². The van der Waals surface area contributed by atoms with Crippen LogP contribution in [0.2, 0.25) is 0 Å².